The quantitative estimate of drug-likeness (QED) is 0.525. The molecule has 140 valence electrons. The molecule has 1 aliphatic carbocycles. The molecule has 5 nitrogen and oxygen atoms in total. The number of halogens is 1. The van der Waals surface area contributed by atoms with Crippen LogP contribution in [-0.2, 0) is 11.0 Å². The van der Waals surface area contributed by atoms with Gasteiger partial charge in [0.2, 0.25) is 0 Å². The summed E-state index contributed by atoms with van der Waals surface area (Å²) in [7, 11) is 0. The van der Waals surface area contributed by atoms with Crippen LogP contribution in [-0.4, -0.2) is 30.7 Å². The topological polar surface area (TPSA) is 69.8 Å². The zero-order valence-electron chi connectivity index (χ0n) is 15.3. The Kier molecular flexibility index (Phi) is 5.32. The van der Waals surface area contributed by atoms with Crippen molar-refractivity contribution in [2.45, 2.75) is 37.7 Å². The summed E-state index contributed by atoms with van der Waals surface area (Å²) in [5.41, 5.74) is -0.198. The summed E-state index contributed by atoms with van der Waals surface area (Å²) >= 11 is 0. The molecule has 0 bridgehead atoms. The smallest absolute Gasteiger partial charge is 0.191 e. The number of furan rings is 1. The van der Waals surface area contributed by atoms with E-state index in [2.05, 4.69) is 15.6 Å². The summed E-state index contributed by atoms with van der Waals surface area (Å²) in [6.07, 6.45) is 3.58. The predicted octanol–water partition coefficient (Wildman–Crippen LogP) is 2.91. The van der Waals surface area contributed by atoms with Crippen molar-refractivity contribution in [1.29, 1.82) is 0 Å². The number of rotatable bonds is 7. The van der Waals surface area contributed by atoms with Gasteiger partial charge >= 0.3 is 0 Å². The van der Waals surface area contributed by atoms with Gasteiger partial charge in [-0.25, -0.2) is 9.38 Å². The lowest BCUT2D eigenvalue weighted by Crippen LogP contribution is -2.42. The fraction of sp³-hybridized carbons (Fsp3) is 0.450. The highest BCUT2D eigenvalue weighted by Crippen LogP contribution is 2.47. The Morgan fingerprint density at radius 2 is 2.12 bits per heavy atom. The van der Waals surface area contributed by atoms with E-state index in [-0.39, 0.29) is 17.8 Å². The first-order valence-corrected chi connectivity index (χ1v) is 9.00. The van der Waals surface area contributed by atoms with Gasteiger partial charge in [0, 0.05) is 18.5 Å². The van der Waals surface area contributed by atoms with Crippen molar-refractivity contribution in [3.8, 4) is 0 Å². The molecule has 1 aromatic carbocycles. The van der Waals surface area contributed by atoms with Crippen LogP contribution in [0.3, 0.4) is 0 Å². The highest BCUT2D eigenvalue weighted by Gasteiger charge is 2.44. The lowest BCUT2D eigenvalue weighted by molar-refractivity contribution is 0.0437. The van der Waals surface area contributed by atoms with E-state index >= 15 is 0 Å². The van der Waals surface area contributed by atoms with E-state index in [1.807, 2.05) is 13.0 Å². The molecule has 0 saturated heterocycles. The molecule has 1 aromatic heterocycles. The molecule has 0 radical (unpaired) electrons. The minimum atomic E-state index is -1.17. The maximum Gasteiger partial charge on any atom is 0.191 e. The third kappa shape index (κ3) is 4.25. The molecule has 3 rings (SSSR count). The van der Waals surface area contributed by atoms with Gasteiger partial charge in [0.15, 0.2) is 5.96 Å². The van der Waals surface area contributed by atoms with E-state index in [4.69, 9.17) is 4.42 Å². The molecule has 1 saturated carbocycles. The summed E-state index contributed by atoms with van der Waals surface area (Å²) < 4.78 is 18.8. The molecule has 1 aliphatic rings. The normalized spacial score (nSPS) is 18.2. The molecule has 0 spiro atoms. The Balaban J connectivity index is 1.65. The molecule has 0 amide bonds. The molecule has 26 heavy (non-hydrogen) atoms. The Morgan fingerprint density at radius 1 is 1.31 bits per heavy atom. The zero-order chi connectivity index (χ0) is 18.6. The number of hydrogen-bond acceptors (Lipinski definition) is 3. The van der Waals surface area contributed by atoms with Crippen molar-refractivity contribution in [2.75, 3.05) is 19.6 Å². The second-order valence-electron chi connectivity index (χ2n) is 7.09. The largest absolute Gasteiger partial charge is 0.466 e. The number of aliphatic imine (C=N–C) groups is 1. The van der Waals surface area contributed by atoms with Gasteiger partial charge in [-0.3, -0.25) is 0 Å². The monoisotopic (exact) mass is 359 g/mol. The van der Waals surface area contributed by atoms with E-state index in [1.54, 1.807) is 31.2 Å². The Morgan fingerprint density at radius 3 is 2.73 bits per heavy atom. The van der Waals surface area contributed by atoms with Crippen molar-refractivity contribution in [2.24, 2.45) is 4.99 Å². The van der Waals surface area contributed by atoms with Crippen LogP contribution in [0.1, 0.15) is 38.0 Å². The van der Waals surface area contributed by atoms with Crippen LogP contribution >= 0.6 is 0 Å². The van der Waals surface area contributed by atoms with Gasteiger partial charge in [-0.1, -0.05) is 12.1 Å². The third-order valence-electron chi connectivity index (χ3n) is 4.83. The third-order valence-corrected chi connectivity index (χ3v) is 4.83. The fourth-order valence-electron chi connectivity index (χ4n) is 3.03. The lowest BCUT2D eigenvalue weighted by Gasteiger charge is -2.21. The van der Waals surface area contributed by atoms with Gasteiger partial charge < -0.3 is 20.2 Å². The van der Waals surface area contributed by atoms with Crippen LogP contribution in [0, 0.1) is 5.82 Å². The maximum absolute atomic E-state index is 13.5. The SMILES string of the molecule is CCNC(=NCC(C)(O)c1ccco1)NCC1(c2cccc(F)c2)CC1. The number of benzene rings is 1. The number of nitrogens with zero attached hydrogens (tertiary/aromatic N) is 1. The van der Waals surface area contributed by atoms with E-state index < -0.39 is 5.60 Å². The van der Waals surface area contributed by atoms with Gasteiger partial charge in [-0.15, -0.1) is 0 Å². The number of hydrogen-bond donors (Lipinski definition) is 3. The average molecular weight is 359 g/mol. The van der Waals surface area contributed by atoms with E-state index in [9.17, 15) is 9.50 Å². The molecular weight excluding hydrogens is 333 g/mol. The van der Waals surface area contributed by atoms with Crippen LogP contribution in [0.15, 0.2) is 52.1 Å². The maximum atomic E-state index is 13.5. The van der Waals surface area contributed by atoms with Crippen LogP contribution in [0.25, 0.3) is 0 Å². The number of nitrogens with one attached hydrogen (secondary N) is 2. The Hall–Kier alpha value is -2.34. The van der Waals surface area contributed by atoms with Crippen molar-refractivity contribution in [1.82, 2.24) is 10.6 Å². The average Bonchev–Trinajstić information content (AvgIpc) is 3.19. The molecular formula is C20H26FN3O2. The van der Waals surface area contributed by atoms with Gasteiger partial charge in [0.1, 0.15) is 17.2 Å². The van der Waals surface area contributed by atoms with Gasteiger partial charge in [-0.05, 0) is 56.5 Å². The molecule has 2 aromatic rings. The first-order chi connectivity index (χ1) is 12.5. The minimum absolute atomic E-state index is 0.0399. The van der Waals surface area contributed by atoms with Gasteiger partial charge in [-0.2, -0.15) is 0 Å². The highest BCUT2D eigenvalue weighted by atomic mass is 19.1. The Bertz CT molecular complexity index is 752. The van der Waals surface area contributed by atoms with Gasteiger partial charge in [0.25, 0.3) is 0 Å². The summed E-state index contributed by atoms with van der Waals surface area (Å²) in [6, 6.07) is 10.3. The molecule has 1 heterocycles. The zero-order valence-corrected chi connectivity index (χ0v) is 15.3. The highest BCUT2D eigenvalue weighted by molar-refractivity contribution is 5.80. The predicted molar refractivity (Wildman–Crippen MR) is 99.6 cm³/mol. The van der Waals surface area contributed by atoms with Crippen LogP contribution < -0.4 is 10.6 Å². The lowest BCUT2D eigenvalue weighted by atomic mass is 9.96. The van der Waals surface area contributed by atoms with Crippen LogP contribution in [0.2, 0.25) is 0 Å². The molecule has 6 heteroatoms. The molecule has 1 fully saturated rings. The van der Waals surface area contributed by atoms with Gasteiger partial charge in [0.05, 0.1) is 12.8 Å². The number of aliphatic hydroxyl groups is 1. The van der Waals surface area contributed by atoms with E-state index in [1.165, 1.54) is 12.3 Å². The van der Waals surface area contributed by atoms with Crippen LogP contribution in [0.5, 0.6) is 0 Å². The van der Waals surface area contributed by atoms with E-state index in [0.717, 1.165) is 18.4 Å². The summed E-state index contributed by atoms with van der Waals surface area (Å²) in [4.78, 5) is 4.49. The molecule has 1 unspecified atom stereocenters. The summed E-state index contributed by atoms with van der Waals surface area (Å²) in [5.74, 6) is 0.904. The Labute approximate surface area is 153 Å². The second kappa shape index (κ2) is 7.50. The van der Waals surface area contributed by atoms with Crippen molar-refractivity contribution < 1.29 is 13.9 Å². The standard InChI is InChI=1S/C20H26FN3O2/c1-3-22-18(23-13-19(2,25)17-8-5-11-26-17)24-14-20(9-10-20)15-6-4-7-16(21)12-15/h4-8,11-12,25H,3,9-10,13-14H2,1-2H3,(H2,22,23,24). The summed E-state index contributed by atoms with van der Waals surface area (Å²) in [5, 5.41) is 17.1. The van der Waals surface area contributed by atoms with E-state index in [0.29, 0.717) is 24.8 Å². The minimum Gasteiger partial charge on any atom is -0.466 e. The molecule has 1 atom stereocenters. The van der Waals surface area contributed by atoms with Crippen molar-refractivity contribution in [3.05, 3.63) is 59.8 Å². The number of guanidine groups is 1. The first-order valence-electron chi connectivity index (χ1n) is 9.00. The van der Waals surface area contributed by atoms with Crippen molar-refractivity contribution in [3.63, 3.8) is 0 Å². The molecule has 3 N–H and O–H groups in total. The second-order valence-corrected chi connectivity index (χ2v) is 7.09. The first kappa shape index (κ1) is 18.5. The van der Waals surface area contributed by atoms with Crippen molar-refractivity contribution >= 4 is 5.96 Å². The van der Waals surface area contributed by atoms with Crippen LogP contribution in [0.4, 0.5) is 4.39 Å². The summed E-state index contributed by atoms with van der Waals surface area (Å²) in [6.45, 7) is 5.21. The molecule has 0 aliphatic heterocycles. The fourth-order valence-corrected chi connectivity index (χ4v) is 3.03.